The Bertz CT molecular complexity index is 979. The Morgan fingerprint density at radius 3 is 2.69 bits per heavy atom. The van der Waals surface area contributed by atoms with Crippen molar-refractivity contribution in [1.29, 1.82) is 0 Å². The molecule has 2 amide bonds. The van der Waals surface area contributed by atoms with Crippen molar-refractivity contribution in [2.24, 2.45) is 0 Å². The van der Waals surface area contributed by atoms with Crippen molar-refractivity contribution in [2.45, 2.75) is 25.0 Å². The molecule has 150 valence electrons. The summed E-state index contributed by atoms with van der Waals surface area (Å²) in [6.07, 6.45) is 1.51. The van der Waals surface area contributed by atoms with Crippen molar-refractivity contribution >= 4 is 11.8 Å². The van der Waals surface area contributed by atoms with Gasteiger partial charge in [-0.3, -0.25) is 19.4 Å². The second-order valence-electron chi connectivity index (χ2n) is 7.72. The number of para-hydroxylation sites is 2. The highest BCUT2D eigenvalue weighted by Gasteiger charge is 2.41. The van der Waals surface area contributed by atoms with E-state index in [1.165, 1.54) is 17.0 Å². The first-order chi connectivity index (χ1) is 14.1. The smallest absolute Gasteiger partial charge is 0.261 e. The van der Waals surface area contributed by atoms with Gasteiger partial charge in [0.15, 0.2) is 11.5 Å². The lowest BCUT2D eigenvalue weighted by Gasteiger charge is -2.38. The van der Waals surface area contributed by atoms with Crippen LogP contribution in [-0.4, -0.2) is 60.0 Å². The Morgan fingerprint density at radius 2 is 1.83 bits per heavy atom. The van der Waals surface area contributed by atoms with Gasteiger partial charge < -0.3 is 9.47 Å². The molecule has 3 aliphatic heterocycles. The maximum Gasteiger partial charge on any atom is 0.261 e. The number of piperidine rings is 1. The van der Waals surface area contributed by atoms with E-state index >= 15 is 0 Å². The largest absolute Gasteiger partial charge is 0.486 e. The molecule has 6 nitrogen and oxygen atoms in total. The van der Waals surface area contributed by atoms with Gasteiger partial charge in [-0.1, -0.05) is 12.1 Å². The molecule has 0 saturated carbocycles. The standard InChI is InChI=1S/C22H21FN2O4/c23-14-7-8-17-18(10-14)22(27)25(21(17)26)15-4-3-9-24(11-15)12-16-13-28-19-5-1-2-6-20(19)29-16/h1-2,5-8,10,15-16H,3-4,9,11-13H2/t15-,16-/m0/s1. The van der Waals surface area contributed by atoms with Gasteiger partial charge >= 0.3 is 0 Å². The molecule has 0 aromatic heterocycles. The van der Waals surface area contributed by atoms with E-state index < -0.39 is 11.7 Å². The zero-order valence-corrected chi connectivity index (χ0v) is 15.8. The fraction of sp³-hybridized carbons (Fsp3) is 0.364. The first-order valence-corrected chi connectivity index (χ1v) is 9.88. The predicted octanol–water partition coefficient (Wildman–Crippen LogP) is 2.73. The molecule has 2 aromatic rings. The quantitative estimate of drug-likeness (QED) is 0.747. The second kappa shape index (κ2) is 7.15. The van der Waals surface area contributed by atoms with Gasteiger partial charge in [0.25, 0.3) is 11.8 Å². The van der Waals surface area contributed by atoms with Crippen molar-refractivity contribution in [1.82, 2.24) is 9.80 Å². The molecule has 0 radical (unpaired) electrons. The van der Waals surface area contributed by atoms with Crippen LogP contribution >= 0.6 is 0 Å². The van der Waals surface area contributed by atoms with Gasteiger partial charge in [0, 0.05) is 13.1 Å². The van der Waals surface area contributed by atoms with Gasteiger partial charge in [0.2, 0.25) is 0 Å². The van der Waals surface area contributed by atoms with Crippen LogP contribution in [0.1, 0.15) is 33.6 Å². The molecule has 5 rings (SSSR count). The molecule has 2 atom stereocenters. The van der Waals surface area contributed by atoms with Gasteiger partial charge in [-0.2, -0.15) is 0 Å². The molecule has 1 fully saturated rings. The molecule has 2 aromatic carbocycles. The third-order valence-electron chi connectivity index (χ3n) is 5.76. The Morgan fingerprint density at radius 1 is 1.03 bits per heavy atom. The SMILES string of the molecule is O=C1c2ccc(F)cc2C(=O)N1[C@H]1CCCN(C[C@H]2COc3ccccc3O2)C1. The number of carbonyl (C=O) groups is 2. The second-order valence-corrected chi connectivity index (χ2v) is 7.72. The van der Waals surface area contributed by atoms with E-state index in [1.807, 2.05) is 24.3 Å². The minimum absolute atomic E-state index is 0.111. The number of hydrogen-bond acceptors (Lipinski definition) is 5. The Labute approximate surface area is 167 Å². The minimum Gasteiger partial charge on any atom is -0.486 e. The lowest BCUT2D eigenvalue weighted by molar-refractivity contribution is 0.0300. The van der Waals surface area contributed by atoms with Gasteiger partial charge in [-0.25, -0.2) is 4.39 Å². The zero-order valence-electron chi connectivity index (χ0n) is 15.8. The summed E-state index contributed by atoms with van der Waals surface area (Å²) < 4.78 is 25.4. The van der Waals surface area contributed by atoms with E-state index in [0.29, 0.717) is 19.7 Å². The summed E-state index contributed by atoms with van der Waals surface area (Å²) in [6.45, 7) is 2.57. The average molecular weight is 396 g/mol. The number of rotatable bonds is 3. The van der Waals surface area contributed by atoms with Crippen LogP contribution in [0.4, 0.5) is 4.39 Å². The maximum atomic E-state index is 13.5. The van der Waals surface area contributed by atoms with Crippen LogP contribution in [-0.2, 0) is 0 Å². The van der Waals surface area contributed by atoms with E-state index in [0.717, 1.165) is 37.0 Å². The van der Waals surface area contributed by atoms with Crippen LogP contribution in [0.5, 0.6) is 11.5 Å². The Balaban J connectivity index is 1.27. The number of halogens is 1. The van der Waals surface area contributed by atoms with E-state index in [4.69, 9.17) is 9.47 Å². The summed E-state index contributed by atoms with van der Waals surface area (Å²) in [6, 6.07) is 11.1. The maximum absolute atomic E-state index is 13.5. The monoisotopic (exact) mass is 396 g/mol. The minimum atomic E-state index is -0.508. The number of hydrogen-bond donors (Lipinski definition) is 0. The van der Waals surface area contributed by atoms with Crippen molar-refractivity contribution in [3.05, 3.63) is 59.4 Å². The number of fused-ring (bicyclic) bond motifs is 2. The van der Waals surface area contributed by atoms with Crippen molar-refractivity contribution in [3.63, 3.8) is 0 Å². The van der Waals surface area contributed by atoms with Crippen LogP contribution in [0.3, 0.4) is 0 Å². The molecule has 0 unspecified atom stereocenters. The van der Waals surface area contributed by atoms with Crippen LogP contribution in [0.2, 0.25) is 0 Å². The number of carbonyl (C=O) groups excluding carboxylic acids is 2. The van der Waals surface area contributed by atoms with E-state index in [2.05, 4.69) is 4.90 Å². The number of amides is 2. The van der Waals surface area contributed by atoms with Gasteiger partial charge in [0.1, 0.15) is 18.5 Å². The lowest BCUT2D eigenvalue weighted by Crippen LogP contribution is -2.52. The van der Waals surface area contributed by atoms with Crippen molar-refractivity contribution < 1.29 is 23.5 Å². The number of benzene rings is 2. The average Bonchev–Trinajstić information content (AvgIpc) is 2.98. The van der Waals surface area contributed by atoms with Crippen LogP contribution < -0.4 is 9.47 Å². The predicted molar refractivity (Wildman–Crippen MR) is 103 cm³/mol. The molecule has 1 saturated heterocycles. The summed E-state index contributed by atoms with van der Waals surface area (Å²) in [5.74, 6) is 0.246. The third kappa shape index (κ3) is 3.25. The van der Waals surface area contributed by atoms with Gasteiger partial charge in [-0.05, 0) is 49.7 Å². The number of likely N-dealkylation sites (tertiary alicyclic amines) is 1. The fourth-order valence-corrected chi connectivity index (χ4v) is 4.41. The van der Waals surface area contributed by atoms with Crippen LogP contribution in [0.25, 0.3) is 0 Å². The summed E-state index contributed by atoms with van der Waals surface area (Å²) >= 11 is 0. The number of imide groups is 1. The van der Waals surface area contributed by atoms with Gasteiger partial charge in [-0.15, -0.1) is 0 Å². The zero-order chi connectivity index (χ0) is 20.0. The fourth-order valence-electron chi connectivity index (χ4n) is 4.41. The molecular formula is C22H21FN2O4. The molecule has 3 heterocycles. The molecule has 0 N–H and O–H groups in total. The Hall–Kier alpha value is -2.93. The molecule has 29 heavy (non-hydrogen) atoms. The highest BCUT2D eigenvalue weighted by molar-refractivity contribution is 6.21. The molecule has 3 aliphatic rings. The highest BCUT2D eigenvalue weighted by atomic mass is 19.1. The van der Waals surface area contributed by atoms with Crippen molar-refractivity contribution in [3.8, 4) is 11.5 Å². The summed E-state index contributed by atoms with van der Waals surface area (Å²) in [5, 5.41) is 0. The first-order valence-electron chi connectivity index (χ1n) is 9.88. The number of ether oxygens (including phenoxy) is 2. The summed E-state index contributed by atoms with van der Waals surface area (Å²) in [7, 11) is 0. The molecule has 0 aliphatic carbocycles. The first kappa shape index (κ1) is 18.1. The molecule has 0 bridgehead atoms. The third-order valence-corrected chi connectivity index (χ3v) is 5.76. The highest BCUT2D eigenvalue weighted by Crippen LogP contribution is 2.32. The van der Waals surface area contributed by atoms with E-state index in [9.17, 15) is 14.0 Å². The van der Waals surface area contributed by atoms with E-state index in [-0.39, 0.29) is 29.2 Å². The topological polar surface area (TPSA) is 59.1 Å². The van der Waals surface area contributed by atoms with Crippen LogP contribution in [0.15, 0.2) is 42.5 Å². The molecular weight excluding hydrogens is 375 g/mol. The normalized spacial score (nSPS) is 24.0. The van der Waals surface area contributed by atoms with Crippen molar-refractivity contribution in [2.75, 3.05) is 26.2 Å². The molecule has 7 heteroatoms. The van der Waals surface area contributed by atoms with E-state index in [1.54, 1.807) is 0 Å². The summed E-state index contributed by atoms with van der Waals surface area (Å²) in [4.78, 5) is 29.1. The van der Waals surface area contributed by atoms with Crippen LogP contribution in [0, 0.1) is 5.82 Å². The number of nitrogens with zero attached hydrogens (tertiary/aromatic N) is 2. The van der Waals surface area contributed by atoms with Gasteiger partial charge in [0.05, 0.1) is 17.2 Å². The summed E-state index contributed by atoms with van der Waals surface area (Å²) in [5.41, 5.74) is 0.446. The molecule has 0 spiro atoms. The lowest BCUT2D eigenvalue weighted by atomic mass is 10.0. The Kier molecular flexibility index (Phi) is 4.47.